The molecule has 0 radical (unpaired) electrons. The molecule has 0 atom stereocenters. The van der Waals surface area contributed by atoms with Gasteiger partial charge in [0.05, 0.1) is 15.5 Å². The fourth-order valence-electron chi connectivity index (χ4n) is 3.90. The maximum absolute atomic E-state index is 13.1. The standard InChI is InChI=1S/C25H23ClF3N3O3S/c26-23-12-9-20(15-22(23)25(27,28)29)31-36(34,35)21-10-7-19(8-11-21)30-24(33)18-5-3-17(4-6-18)16-32-13-1-2-14-32/h3-12,15,31H,1-2,13-14,16H2,(H,30,33). The van der Waals surface area contributed by atoms with Crippen LogP contribution in [0, 0.1) is 0 Å². The van der Waals surface area contributed by atoms with E-state index in [4.69, 9.17) is 11.6 Å². The third-order valence-electron chi connectivity index (χ3n) is 5.77. The van der Waals surface area contributed by atoms with Gasteiger partial charge in [-0.2, -0.15) is 13.2 Å². The molecule has 1 fully saturated rings. The van der Waals surface area contributed by atoms with Crippen LogP contribution in [0.1, 0.15) is 34.3 Å². The molecule has 0 aliphatic carbocycles. The van der Waals surface area contributed by atoms with Gasteiger partial charge >= 0.3 is 6.18 Å². The van der Waals surface area contributed by atoms with Gasteiger partial charge in [-0.3, -0.25) is 14.4 Å². The van der Waals surface area contributed by atoms with Crippen LogP contribution in [-0.2, 0) is 22.7 Å². The molecular formula is C25H23ClF3N3O3S. The minimum absolute atomic E-state index is 0.185. The Morgan fingerprint density at radius 3 is 2.14 bits per heavy atom. The van der Waals surface area contributed by atoms with Gasteiger partial charge in [-0.05, 0) is 86.1 Å². The molecule has 1 heterocycles. The Labute approximate surface area is 212 Å². The molecule has 3 aromatic rings. The number of sulfonamides is 1. The van der Waals surface area contributed by atoms with Crippen molar-refractivity contribution in [2.45, 2.75) is 30.5 Å². The van der Waals surface area contributed by atoms with Gasteiger partial charge in [-0.1, -0.05) is 23.7 Å². The predicted octanol–water partition coefficient (Wildman–Crippen LogP) is 6.01. The lowest BCUT2D eigenvalue weighted by molar-refractivity contribution is -0.137. The molecular weight excluding hydrogens is 515 g/mol. The Morgan fingerprint density at radius 2 is 1.53 bits per heavy atom. The molecule has 1 amide bonds. The van der Waals surface area contributed by atoms with Crippen LogP contribution >= 0.6 is 11.6 Å². The number of hydrogen-bond donors (Lipinski definition) is 2. The number of amides is 1. The van der Waals surface area contributed by atoms with Crippen molar-refractivity contribution < 1.29 is 26.4 Å². The molecule has 36 heavy (non-hydrogen) atoms. The molecule has 0 spiro atoms. The number of carbonyl (C=O) groups excluding carboxylic acids is 1. The molecule has 2 N–H and O–H groups in total. The summed E-state index contributed by atoms with van der Waals surface area (Å²) in [6.07, 6.45) is -2.32. The highest BCUT2D eigenvalue weighted by atomic mass is 35.5. The molecule has 1 saturated heterocycles. The first-order valence-electron chi connectivity index (χ1n) is 11.1. The second kappa shape index (κ2) is 10.5. The third kappa shape index (κ3) is 6.37. The van der Waals surface area contributed by atoms with E-state index in [0.29, 0.717) is 17.3 Å². The number of nitrogens with zero attached hydrogens (tertiary/aromatic N) is 1. The maximum Gasteiger partial charge on any atom is 0.417 e. The first-order chi connectivity index (χ1) is 17.0. The van der Waals surface area contributed by atoms with Crippen molar-refractivity contribution in [1.29, 1.82) is 0 Å². The van der Waals surface area contributed by atoms with E-state index in [0.717, 1.165) is 37.3 Å². The van der Waals surface area contributed by atoms with Gasteiger partial charge in [-0.15, -0.1) is 0 Å². The molecule has 4 rings (SSSR count). The summed E-state index contributed by atoms with van der Waals surface area (Å²) in [5.41, 5.74) is 0.523. The topological polar surface area (TPSA) is 78.5 Å². The smallest absolute Gasteiger partial charge is 0.322 e. The number of carbonyl (C=O) groups is 1. The quantitative estimate of drug-likeness (QED) is 0.387. The summed E-state index contributed by atoms with van der Waals surface area (Å²) in [5.74, 6) is -0.350. The molecule has 0 saturated carbocycles. The summed E-state index contributed by atoms with van der Waals surface area (Å²) in [6, 6.07) is 15.3. The van der Waals surface area contributed by atoms with Gasteiger partial charge in [-0.25, -0.2) is 8.42 Å². The highest BCUT2D eigenvalue weighted by Gasteiger charge is 2.33. The van der Waals surface area contributed by atoms with E-state index in [2.05, 4.69) is 14.9 Å². The summed E-state index contributed by atoms with van der Waals surface area (Å²) >= 11 is 5.58. The van der Waals surface area contributed by atoms with E-state index in [-0.39, 0.29) is 16.5 Å². The minimum atomic E-state index is -4.73. The highest BCUT2D eigenvalue weighted by Crippen LogP contribution is 2.36. The zero-order chi connectivity index (χ0) is 25.9. The summed E-state index contributed by atoms with van der Waals surface area (Å²) in [4.78, 5) is 14.8. The van der Waals surface area contributed by atoms with Crippen LogP contribution in [0.4, 0.5) is 24.5 Å². The van der Waals surface area contributed by atoms with Crippen LogP contribution in [0.5, 0.6) is 0 Å². The third-order valence-corrected chi connectivity index (χ3v) is 7.49. The molecule has 3 aromatic carbocycles. The molecule has 0 unspecified atom stereocenters. The van der Waals surface area contributed by atoms with Crippen LogP contribution in [0.2, 0.25) is 5.02 Å². The van der Waals surface area contributed by atoms with Crippen molar-refractivity contribution in [2.24, 2.45) is 0 Å². The Kier molecular flexibility index (Phi) is 7.58. The van der Waals surface area contributed by atoms with Crippen LogP contribution < -0.4 is 10.0 Å². The second-order valence-corrected chi connectivity index (χ2v) is 10.5. The molecule has 0 bridgehead atoms. The van der Waals surface area contributed by atoms with E-state index in [9.17, 15) is 26.4 Å². The van der Waals surface area contributed by atoms with E-state index < -0.39 is 26.8 Å². The van der Waals surface area contributed by atoms with E-state index in [1.54, 1.807) is 12.1 Å². The van der Waals surface area contributed by atoms with Gasteiger partial charge in [0.1, 0.15) is 0 Å². The molecule has 1 aliphatic rings. The first kappa shape index (κ1) is 26.0. The number of nitrogens with one attached hydrogen (secondary N) is 2. The van der Waals surface area contributed by atoms with Crippen molar-refractivity contribution in [3.05, 3.63) is 88.4 Å². The lowest BCUT2D eigenvalue weighted by atomic mass is 10.1. The lowest BCUT2D eigenvalue weighted by Gasteiger charge is -2.14. The number of rotatable bonds is 7. The molecule has 1 aliphatic heterocycles. The molecule has 11 heteroatoms. The number of hydrogen-bond acceptors (Lipinski definition) is 4. The van der Waals surface area contributed by atoms with Gasteiger partial charge < -0.3 is 5.32 Å². The van der Waals surface area contributed by atoms with E-state index >= 15 is 0 Å². The van der Waals surface area contributed by atoms with E-state index in [1.165, 1.54) is 37.1 Å². The summed E-state index contributed by atoms with van der Waals surface area (Å²) in [7, 11) is -4.18. The average Bonchev–Trinajstić information content (AvgIpc) is 3.33. The minimum Gasteiger partial charge on any atom is -0.322 e. The maximum atomic E-state index is 13.1. The van der Waals surface area contributed by atoms with Crippen molar-refractivity contribution in [2.75, 3.05) is 23.1 Å². The van der Waals surface area contributed by atoms with Gasteiger partial charge in [0, 0.05) is 23.5 Å². The molecule has 6 nitrogen and oxygen atoms in total. The van der Waals surface area contributed by atoms with Gasteiger partial charge in [0.15, 0.2) is 0 Å². The fourth-order valence-corrected chi connectivity index (χ4v) is 5.18. The SMILES string of the molecule is O=C(Nc1ccc(S(=O)(=O)Nc2ccc(Cl)c(C(F)(F)F)c2)cc1)c1ccc(CN2CCCC2)cc1. The largest absolute Gasteiger partial charge is 0.417 e. The number of alkyl halides is 3. The summed E-state index contributed by atoms with van der Waals surface area (Å²) in [5, 5.41) is 2.17. The van der Waals surface area contributed by atoms with Gasteiger partial charge in [0.25, 0.3) is 15.9 Å². The summed E-state index contributed by atoms with van der Waals surface area (Å²) in [6.45, 7) is 3.01. The number of benzene rings is 3. The fraction of sp³-hybridized carbons (Fsp3) is 0.240. The van der Waals surface area contributed by atoms with Crippen LogP contribution in [0.3, 0.4) is 0 Å². The normalized spacial score (nSPS) is 14.6. The number of anilines is 2. The van der Waals surface area contributed by atoms with Crippen molar-refractivity contribution in [3.8, 4) is 0 Å². The lowest BCUT2D eigenvalue weighted by Crippen LogP contribution is -2.18. The average molecular weight is 538 g/mol. The monoisotopic (exact) mass is 537 g/mol. The highest BCUT2D eigenvalue weighted by molar-refractivity contribution is 7.92. The zero-order valence-electron chi connectivity index (χ0n) is 19.0. The van der Waals surface area contributed by atoms with Crippen LogP contribution in [0.15, 0.2) is 71.6 Å². The van der Waals surface area contributed by atoms with Gasteiger partial charge in [0.2, 0.25) is 0 Å². The molecule has 0 aromatic heterocycles. The Bertz CT molecular complexity index is 1340. The van der Waals surface area contributed by atoms with Crippen LogP contribution in [0.25, 0.3) is 0 Å². The van der Waals surface area contributed by atoms with Crippen molar-refractivity contribution >= 4 is 38.9 Å². The number of likely N-dealkylation sites (tertiary alicyclic amines) is 1. The second-order valence-electron chi connectivity index (χ2n) is 8.46. The Hall–Kier alpha value is -3.08. The molecule has 190 valence electrons. The predicted molar refractivity (Wildman–Crippen MR) is 133 cm³/mol. The number of halogens is 4. The Morgan fingerprint density at radius 1 is 0.917 bits per heavy atom. The van der Waals surface area contributed by atoms with E-state index in [1.807, 2.05) is 12.1 Å². The Balaban J connectivity index is 1.40. The summed E-state index contributed by atoms with van der Waals surface area (Å²) < 4.78 is 66.6. The van der Waals surface area contributed by atoms with Crippen LogP contribution in [-0.4, -0.2) is 32.3 Å². The van der Waals surface area contributed by atoms with Crippen molar-refractivity contribution in [1.82, 2.24) is 4.90 Å². The zero-order valence-corrected chi connectivity index (χ0v) is 20.6. The van der Waals surface area contributed by atoms with Crippen molar-refractivity contribution in [3.63, 3.8) is 0 Å². The first-order valence-corrected chi connectivity index (χ1v) is 13.0.